The van der Waals surface area contributed by atoms with Crippen LogP contribution in [0, 0.1) is 18.3 Å². The summed E-state index contributed by atoms with van der Waals surface area (Å²) in [4.78, 5) is 13.1. The number of nitrogens with zero attached hydrogens (tertiary/aromatic N) is 2. The van der Waals surface area contributed by atoms with Gasteiger partial charge in [-0.25, -0.2) is 0 Å². The number of allylic oxidation sites excluding steroid dienone is 1. The molecular weight excluding hydrogens is 377 g/mol. The second-order valence-corrected chi connectivity index (χ2v) is 6.68. The maximum Gasteiger partial charge on any atom is 0.258 e. The van der Waals surface area contributed by atoms with E-state index in [0.29, 0.717) is 21.3 Å². The minimum Gasteiger partial charge on any atom is -0.440 e. The molecule has 3 rings (SSSR count). The van der Waals surface area contributed by atoms with Crippen molar-refractivity contribution >= 4 is 23.2 Å². The largest absolute Gasteiger partial charge is 0.440 e. The Morgan fingerprint density at radius 2 is 2.12 bits per heavy atom. The van der Waals surface area contributed by atoms with Gasteiger partial charge in [0, 0.05) is 28.4 Å². The minimum atomic E-state index is -0.786. The molecule has 6 nitrogen and oxygen atoms in total. The second-order valence-electron chi connectivity index (χ2n) is 5.83. The van der Waals surface area contributed by atoms with E-state index >= 15 is 0 Å². The Morgan fingerprint density at radius 1 is 1.38 bits per heavy atom. The van der Waals surface area contributed by atoms with Gasteiger partial charge in [0.15, 0.2) is 0 Å². The van der Waals surface area contributed by atoms with Gasteiger partial charge in [0.1, 0.15) is 17.4 Å². The smallest absolute Gasteiger partial charge is 0.258 e. The molecule has 1 atom stereocenters. The maximum atomic E-state index is 13.1. The molecule has 0 unspecified atom stereocenters. The second kappa shape index (κ2) is 7.04. The Kier molecular flexibility index (Phi) is 4.97. The Labute approximate surface area is 159 Å². The van der Waals surface area contributed by atoms with E-state index in [9.17, 15) is 15.2 Å². The highest BCUT2D eigenvalue weighted by Crippen LogP contribution is 2.43. The normalized spacial score (nSPS) is 16.0. The van der Waals surface area contributed by atoms with Crippen molar-refractivity contribution in [1.82, 2.24) is 4.57 Å². The first-order chi connectivity index (χ1) is 12.4. The van der Waals surface area contributed by atoms with Gasteiger partial charge in [-0.05, 0) is 24.6 Å². The summed E-state index contributed by atoms with van der Waals surface area (Å²) in [6.45, 7) is 1.65. The van der Waals surface area contributed by atoms with Gasteiger partial charge < -0.3 is 20.1 Å². The van der Waals surface area contributed by atoms with Crippen molar-refractivity contribution in [2.75, 3.05) is 6.61 Å². The number of nitrogens with two attached hydrogens (primary N) is 1. The summed E-state index contributed by atoms with van der Waals surface area (Å²) in [5, 5.41) is 19.6. The van der Waals surface area contributed by atoms with Crippen LogP contribution in [0.3, 0.4) is 0 Å². The summed E-state index contributed by atoms with van der Waals surface area (Å²) in [6.07, 6.45) is 0. The molecule has 0 amide bonds. The topological polar surface area (TPSA) is 101 Å². The van der Waals surface area contributed by atoms with E-state index in [0.717, 1.165) is 0 Å². The molecule has 134 valence electrons. The van der Waals surface area contributed by atoms with E-state index in [2.05, 4.69) is 0 Å². The Hall–Kier alpha value is -2.46. The first-order valence-electron chi connectivity index (χ1n) is 7.76. The molecule has 1 aromatic heterocycles. The Morgan fingerprint density at radius 3 is 2.73 bits per heavy atom. The van der Waals surface area contributed by atoms with Gasteiger partial charge in [-0.3, -0.25) is 4.79 Å². The average Bonchev–Trinajstić information content (AvgIpc) is 2.57. The molecule has 2 aromatic rings. The lowest BCUT2D eigenvalue weighted by atomic mass is 9.84. The molecule has 3 N–H and O–H groups in total. The average molecular weight is 392 g/mol. The van der Waals surface area contributed by atoms with Crippen molar-refractivity contribution in [3.63, 3.8) is 0 Å². The first kappa shape index (κ1) is 18.3. The van der Waals surface area contributed by atoms with Crippen molar-refractivity contribution in [3.8, 4) is 11.8 Å². The predicted octanol–water partition coefficient (Wildman–Crippen LogP) is 2.67. The van der Waals surface area contributed by atoms with Crippen LogP contribution in [-0.2, 0) is 6.54 Å². The zero-order valence-corrected chi connectivity index (χ0v) is 15.3. The first-order valence-corrected chi connectivity index (χ1v) is 8.52. The maximum absolute atomic E-state index is 13.1. The van der Waals surface area contributed by atoms with E-state index in [1.165, 1.54) is 4.57 Å². The number of ether oxygens (including phenoxy) is 1. The highest BCUT2D eigenvalue weighted by atomic mass is 35.5. The summed E-state index contributed by atoms with van der Waals surface area (Å²) in [5.74, 6) is -0.588. The number of halogens is 2. The van der Waals surface area contributed by atoms with Gasteiger partial charge in [-0.2, -0.15) is 5.26 Å². The van der Waals surface area contributed by atoms with Crippen LogP contribution in [0.15, 0.2) is 40.5 Å². The lowest BCUT2D eigenvalue weighted by Gasteiger charge is -2.27. The van der Waals surface area contributed by atoms with E-state index in [1.807, 2.05) is 6.07 Å². The number of aromatic nitrogens is 1. The summed E-state index contributed by atoms with van der Waals surface area (Å²) in [7, 11) is 0. The van der Waals surface area contributed by atoms with Crippen molar-refractivity contribution in [3.05, 3.63) is 72.9 Å². The highest BCUT2D eigenvalue weighted by molar-refractivity contribution is 6.35. The van der Waals surface area contributed by atoms with Crippen molar-refractivity contribution in [2.24, 2.45) is 5.73 Å². The molecule has 1 aliphatic heterocycles. The molecule has 1 aromatic carbocycles. The fourth-order valence-corrected chi connectivity index (χ4v) is 3.63. The van der Waals surface area contributed by atoms with Gasteiger partial charge in [-0.1, -0.05) is 29.3 Å². The Bertz CT molecular complexity index is 1020. The lowest BCUT2D eigenvalue weighted by molar-refractivity contribution is 0.272. The number of pyridine rings is 1. The predicted molar refractivity (Wildman–Crippen MR) is 98.3 cm³/mol. The van der Waals surface area contributed by atoms with Gasteiger partial charge in [0.25, 0.3) is 5.56 Å². The van der Waals surface area contributed by atoms with Gasteiger partial charge in [0.05, 0.1) is 18.1 Å². The summed E-state index contributed by atoms with van der Waals surface area (Å²) >= 11 is 12.3. The molecule has 0 bridgehead atoms. The molecule has 1 aliphatic rings. The molecule has 26 heavy (non-hydrogen) atoms. The van der Waals surface area contributed by atoms with Gasteiger partial charge >= 0.3 is 0 Å². The third-order valence-corrected chi connectivity index (χ3v) is 4.85. The zero-order valence-electron chi connectivity index (χ0n) is 13.8. The third-order valence-electron chi connectivity index (χ3n) is 4.29. The number of rotatable bonds is 3. The molecule has 0 saturated heterocycles. The van der Waals surface area contributed by atoms with Crippen LogP contribution in [0.4, 0.5) is 0 Å². The molecule has 0 spiro atoms. The molecule has 0 fully saturated rings. The van der Waals surface area contributed by atoms with Crippen LogP contribution in [-0.4, -0.2) is 16.3 Å². The minimum absolute atomic E-state index is 0.0743. The molecule has 0 radical (unpaired) electrons. The van der Waals surface area contributed by atoms with Crippen LogP contribution < -0.4 is 16.0 Å². The van der Waals surface area contributed by atoms with Crippen LogP contribution in [0.25, 0.3) is 0 Å². The van der Waals surface area contributed by atoms with E-state index in [-0.39, 0.29) is 41.5 Å². The van der Waals surface area contributed by atoms with Gasteiger partial charge in [0.2, 0.25) is 5.88 Å². The molecule has 0 aliphatic carbocycles. The summed E-state index contributed by atoms with van der Waals surface area (Å²) < 4.78 is 6.96. The van der Waals surface area contributed by atoms with E-state index in [4.69, 9.17) is 33.7 Å². The molecular formula is C18H15Cl2N3O3. The van der Waals surface area contributed by atoms with E-state index in [1.54, 1.807) is 31.2 Å². The van der Waals surface area contributed by atoms with Gasteiger partial charge in [-0.15, -0.1) is 0 Å². The summed E-state index contributed by atoms with van der Waals surface area (Å²) in [5.41, 5.74) is 7.03. The SMILES string of the molecule is Cc1cc2c(c(=O)n1CCO)[C@H](c1ccc(Cl)cc1Cl)C(C#N)=C(N)O2. The number of fused-ring (bicyclic) bond motifs is 1. The zero-order chi connectivity index (χ0) is 19.0. The number of hydrogen-bond donors (Lipinski definition) is 2. The van der Waals surface area contributed by atoms with Crippen LogP contribution >= 0.6 is 23.2 Å². The number of benzene rings is 1. The summed E-state index contributed by atoms with van der Waals surface area (Å²) in [6, 6.07) is 8.50. The van der Waals surface area contributed by atoms with Crippen LogP contribution in [0.1, 0.15) is 22.7 Å². The molecule has 2 heterocycles. The van der Waals surface area contributed by atoms with E-state index < -0.39 is 5.92 Å². The number of aryl methyl sites for hydroxylation is 1. The highest BCUT2D eigenvalue weighted by Gasteiger charge is 2.35. The van der Waals surface area contributed by atoms with Crippen molar-refractivity contribution in [2.45, 2.75) is 19.4 Å². The number of aliphatic hydroxyl groups excluding tert-OH is 1. The quantitative estimate of drug-likeness (QED) is 0.837. The fourth-order valence-electron chi connectivity index (χ4n) is 3.11. The van der Waals surface area contributed by atoms with Crippen molar-refractivity contribution in [1.29, 1.82) is 5.26 Å². The Balaban J connectivity index is 2.35. The monoisotopic (exact) mass is 391 g/mol. The van der Waals surface area contributed by atoms with Crippen LogP contribution in [0.5, 0.6) is 5.75 Å². The number of aliphatic hydroxyl groups is 1. The van der Waals surface area contributed by atoms with Crippen molar-refractivity contribution < 1.29 is 9.84 Å². The lowest BCUT2D eigenvalue weighted by Crippen LogP contribution is -2.33. The standard InChI is InChI=1S/C18H15Cl2N3O3/c1-9-6-14-16(18(25)23(9)4-5-24)15(12(8-21)17(22)26-14)11-3-2-10(19)7-13(11)20/h2-3,6-7,15,24H,4-5,22H2,1H3/t15-/m1/s1. The molecule has 8 heteroatoms. The fraction of sp³-hybridized carbons (Fsp3) is 0.222. The number of hydrogen-bond acceptors (Lipinski definition) is 5. The third kappa shape index (κ3) is 2.95. The van der Waals surface area contributed by atoms with Crippen LogP contribution in [0.2, 0.25) is 10.0 Å². The molecule has 0 saturated carbocycles. The number of nitriles is 1.